The smallest absolute Gasteiger partial charge is 0.366 e. The number of aromatic nitrogens is 1. The highest BCUT2D eigenvalue weighted by molar-refractivity contribution is 5.98. The molecular weight excluding hydrogens is 362 g/mol. The Morgan fingerprint density at radius 3 is 2.89 bits per heavy atom. The second-order valence-electron chi connectivity index (χ2n) is 6.51. The van der Waals surface area contributed by atoms with Crippen molar-refractivity contribution >= 4 is 22.1 Å². The zero-order valence-electron chi connectivity index (χ0n) is 15.0. The largest absolute Gasteiger partial charge is 0.454 e. The summed E-state index contributed by atoms with van der Waals surface area (Å²) in [6, 6.07) is 13.0. The van der Waals surface area contributed by atoms with E-state index in [-0.39, 0.29) is 12.3 Å². The summed E-state index contributed by atoms with van der Waals surface area (Å²) in [4.78, 5) is 16.4. The van der Waals surface area contributed by atoms with Crippen LogP contribution in [0.25, 0.3) is 22.1 Å². The van der Waals surface area contributed by atoms with Gasteiger partial charge in [0.25, 0.3) is 0 Å². The number of para-hydroxylation sites is 1. The first-order valence-corrected chi connectivity index (χ1v) is 9.05. The second-order valence-corrected chi connectivity index (χ2v) is 6.51. The van der Waals surface area contributed by atoms with Crippen molar-refractivity contribution in [3.8, 4) is 11.5 Å². The molecule has 7 heteroatoms. The molecule has 7 nitrogen and oxygen atoms in total. The fraction of sp³-hybridized carbons (Fsp3) is 0.238. The Balaban J connectivity index is 1.21. The maximum absolute atomic E-state index is 12.1. The molecule has 1 aliphatic rings. The third-order valence-corrected chi connectivity index (χ3v) is 4.58. The van der Waals surface area contributed by atoms with Gasteiger partial charge in [-0.2, -0.15) is 0 Å². The second kappa shape index (κ2) is 7.01. The summed E-state index contributed by atoms with van der Waals surface area (Å²) in [6.07, 6.45) is 1.30. The number of fused-ring (bicyclic) bond motifs is 4. The van der Waals surface area contributed by atoms with Crippen molar-refractivity contribution in [1.29, 1.82) is 0 Å². The highest BCUT2D eigenvalue weighted by atomic mass is 16.7. The van der Waals surface area contributed by atoms with E-state index in [1.807, 2.05) is 36.4 Å². The van der Waals surface area contributed by atoms with Gasteiger partial charge in [0, 0.05) is 13.0 Å². The fourth-order valence-electron chi connectivity index (χ4n) is 3.23. The highest BCUT2D eigenvalue weighted by Crippen LogP contribution is 2.32. The Morgan fingerprint density at radius 1 is 1.04 bits per heavy atom. The van der Waals surface area contributed by atoms with Gasteiger partial charge in [0.05, 0.1) is 12.0 Å². The third-order valence-electron chi connectivity index (χ3n) is 4.58. The van der Waals surface area contributed by atoms with Gasteiger partial charge in [0.15, 0.2) is 28.5 Å². The Labute approximate surface area is 159 Å². The first-order valence-electron chi connectivity index (χ1n) is 9.05. The zero-order valence-corrected chi connectivity index (χ0v) is 15.0. The van der Waals surface area contributed by atoms with Gasteiger partial charge in [0.2, 0.25) is 6.79 Å². The van der Waals surface area contributed by atoms with Crippen molar-refractivity contribution in [2.75, 3.05) is 13.4 Å². The monoisotopic (exact) mass is 379 g/mol. The third kappa shape index (κ3) is 3.10. The van der Waals surface area contributed by atoms with Crippen LogP contribution in [0.15, 0.2) is 56.1 Å². The molecule has 28 heavy (non-hydrogen) atoms. The molecule has 1 aliphatic heterocycles. The minimum atomic E-state index is -0.484. The average Bonchev–Trinajstić information content (AvgIpc) is 3.35. The van der Waals surface area contributed by atoms with E-state index in [4.69, 9.17) is 23.0 Å². The summed E-state index contributed by atoms with van der Waals surface area (Å²) in [5.74, 6) is 2.01. The molecule has 0 aliphatic carbocycles. The number of benzene rings is 2. The predicted molar refractivity (Wildman–Crippen MR) is 101 cm³/mol. The first kappa shape index (κ1) is 16.8. The van der Waals surface area contributed by atoms with Gasteiger partial charge >= 0.3 is 5.63 Å². The molecule has 0 saturated carbocycles. The van der Waals surface area contributed by atoms with Gasteiger partial charge in [-0.15, -0.1) is 0 Å². The maximum Gasteiger partial charge on any atom is 0.366 e. The van der Waals surface area contributed by atoms with E-state index in [0.717, 1.165) is 28.9 Å². The van der Waals surface area contributed by atoms with E-state index >= 15 is 0 Å². The summed E-state index contributed by atoms with van der Waals surface area (Å²) in [5.41, 5.74) is 1.74. The van der Waals surface area contributed by atoms with Crippen LogP contribution in [0.4, 0.5) is 0 Å². The van der Waals surface area contributed by atoms with Crippen LogP contribution in [-0.2, 0) is 17.8 Å². The fourth-order valence-corrected chi connectivity index (χ4v) is 3.23. The number of ether oxygens (including phenoxy) is 3. The molecule has 0 unspecified atom stereocenters. The lowest BCUT2D eigenvalue weighted by atomic mass is 10.2. The molecule has 3 heterocycles. The maximum atomic E-state index is 12.1. The minimum absolute atomic E-state index is 0.231. The van der Waals surface area contributed by atoms with E-state index in [1.165, 1.54) is 0 Å². The molecule has 0 N–H and O–H groups in total. The topological polar surface area (TPSA) is 83.9 Å². The molecule has 0 saturated heterocycles. The zero-order chi connectivity index (χ0) is 18.9. The Morgan fingerprint density at radius 2 is 1.93 bits per heavy atom. The predicted octanol–water partition coefficient (Wildman–Crippen LogP) is 3.81. The number of hydrogen-bond acceptors (Lipinski definition) is 7. The number of aryl methyl sites for hydroxylation is 1. The molecule has 2 aromatic carbocycles. The van der Waals surface area contributed by atoms with Gasteiger partial charge in [-0.25, -0.2) is 9.78 Å². The molecular formula is C21H17NO6. The van der Waals surface area contributed by atoms with E-state index in [9.17, 15) is 4.79 Å². The summed E-state index contributed by atoms with van der Waals surface area (Å²) in [6.45, 7) is 1.29. The summed E-state index contributed by atoms with van der Waals surface area (Å²) < 4.78 is 27.5. The van der Waals surface area contributed by atoms with Gasteiger partial charge < -0.3 is 23.0 Å². The molecule has 0 amide bonds. The number of oxazole rings is 1. The lowest BCUT2D eigenvalue weighted by Crippen LogP contribution is -2.00. The Hall–Kier alpha value is -3.32. The summed E-state index contributed by atoms with van der Waals surface area (Å²) >= 11 is 0. The van der Waals surface area contributed by atoms with Crippen LogP contribution in [-0.4, -0.2) is 18.4 Å². The Kier molecular flexibility index (Phi) is 4.21. The van der Waals surface area contributed by atoms with Crippen LogP contribution in [0.3, 0.4) is 0 Å². The van der Waals surface area contributed by atoms with E-state index in [0.29, 0.717) is 36.7 Å². The lowest BCUT2D eigenvalue weighted by Gasteiger charge is -2.04. The van der Waals surface area contributed by atoms with Crippen molar-refractivity contribution in [2.45, 2.75) is 19.4 Å². The van der Waals surface area contributed by atoms with Crippen molar-refractivity contribution in [2.24, 2.45) is 0 Å². The number of hydrogen-bond donors (Lipinski definition) is 0. The van der Waals surface area contributed by atoms with Gasteiger partial charge in [-0.05, 0) is 36.2 Å². The van der Waals surface area contributed by atoms with Crippen molar-refractivity contribution in [3.63, 3.8) is 0 Å². The molecule has 0 bridgehead atoms. The van der Waals surface area contributed by atoms with Gasteiger partial charge in [0.1, 0.15) is 5.58 Å². The molecule has 0 radical (unpaired) electrons. The van der Waals surface area contributed by atoms with Crippen LogP contribution < -0.4 is 15.1 Å². The minimum Gasteiger partial charge on any atom is -0.454 e. The van der Waals surface area contributed by atoms with Crippen LogP contribution >= 0.6 is 0 Å². The van der Waals surface area contributed by atoms with Crippen molar-refractivity contribution in [1.82, 2.24) is 4.98 Å². The van der Waals surface area contributed by atoms with Crippen LogP contribution in [0, 0.1) is 0 Å². The molecule has 2 aromatic heterocycles. The number of nitrogens with zero attached hydrogens (tertiary/aromatic N) is 1. The first-order chi connectivity index (χ1) is 13.8. The SMILES string of the molecule is O=c1oc2ccccc2c2oc(CCCOCc3ccc4c(c3)OCO4)nc12. The van der Waals surface area contributed by atoms with Crippen LogP contribution in [0.1, 0.15) is 17.9 Å². The highest BCUT2D eigenvalue weighted by Gasteiger charge is 2.15. The van der Waals surface area contributed by atoms with Gasteiger partial charge in [-0.3, -0.25) is 0 Å². The quantitative estimate of drug-likeness (QED) is 0.372. The van der Waals surface area contributed by atoms with Crippen molar-refractivity contribution in [3.05, 3.63) is 64.3 Å². The van der Waals surface area contributed by atoms with E-state index in [2.05, 4.69) is 4.98 Å². The molecule has 5 rings (SSSR count). The normalized spacial score (nSPS) is 12.9. The Bertz CT molecular complexity index is 1210. The summed E-state index contributed by atoms with van der Waals surface area (Å²) in [5, 5.41) is 0.745. The van der Waals surface area contributed by atoms with E-state index in [1.54, 1.807) is 6.07 Å². The van der Waals surface area contributed by atoms with Gasteiger partial charge in [-0.1, -0.05) is 18.2 Å². The lowest BCUT2D eigenvalue weighted by molar-refractivity contribution is 0.117. The standard InChI is InChI=1S/C21H17NO6/c23-21-19-20(14-4-1-2-5-15(14)27-21)28-18(22-19)6-3-9-24-11-13-7-8-16-17(10-13)26-12-25-16/h1-2,4-5,7-8,10H,3,6,9,11-12H2. The average molecular weight is 379 g/mol. The summed E-state index contributed by atoms with van der Waals surface area (Å²) in [7, 11) is 0. The molecule has 4 aromatic rings. The molecule has 0 spiro atoms. The van der Waals surface area contributed by atoms with Crippen molar-refractivity contribution < 1.29 is 23.0 Å². The van der Waals surface area contributed by atoms with Crippen LogP contribution in [0.5, 0.6) is 11.5 Å². The number of rotatable bonds is 6. The molecule has 142 valence electrons. The van der Waals surface area contributed by atoms with E-state index < -0.39 is 5.63 Å². The molecule has 0 atom stereocenters. The van der Waals surface area contributed by atoms with Crippen LogP contribution in [0.2, 0.25) is 0 Å². The molecule has 0 fully saturated rings.